The maximum absolute atomic E-state index is 12.8. The number of amides is 2. The topological polar surface area (TPSA) is 116 Å². The number of benzene rings is 1. The third-order valence-electron chi connectivity index (χ3n) is 5.93. The van der Waals surface area contributed by atoms with Crippen molar-refractivity contribution in [1.29, 1.82) is 0 Å². The zero-order valence-electron chi connectivity index (χ0n) is 16.0. The Morgan fingerprint density at radius 1 is 1.24 bits per heavy atom. The van der Waals surface area contributed by atoms with Gasteiger partial charge >= 0.3 is 5.69 Å². The lowest BCUT2D eigenvalue weighted by Gasteiger charge is -2.54. The summed E-state index contributed by atoms with van der Waals surface area (Å²) in [6.45, 7) is 0.705. The third-order valence-corrected chi connectivity index (χ3v) is 5.93. The molecule has 152 valence electrons. The summed E-state index contributed by atoms with van der Waals surface area (Å²) in [5.41, 5.74) is -0.642. The van der Waals surface area contributed by atoms with Crippen molar-refractivity contribution in [2.45, 2.75) is 24.5 Å². The van der Waals surface area contributed by atoms with Gasteiger partial charge in [0.15, 0.2) is 0 Å². The van der Waals surface area contributed by atoms with Gasteiger partial charge in [0.1, 0.15) is 12.7 Å². The number of carbonyl (C=O) groups excluding carboxylic acids is 2. The number of aromatic nitrogens is 2. The van der Waals surface area contributed by atoms with Gasteiger partial charge < -0.3 is 19.5 Å². The lowest BCUT2D eigenvalue weighted by molar-refractivity contribution is -0.184. The summed E-state index contributed by atoms with van der Waals surface area (Å²) >= 11 is 0. The Bertz CT molecular complexity index is 1050. The molecule has 0 spiro atoms. The number of aromatic amines is 2. The maximum atomic E-state index is 12.8. The number of likely N-dealkylation sites (N-methyl/N-ethyl adjacent to an activating group) is 1. The lowest BCUT2D eigenvalue weighted by Crippen LogP contribution is -2.67. The summed E-state index contributed by atoms with van der Waals surface area (Å²) in [7, 11) is 1.78. The van der Waals surface area contributed by atoms with Crippen LogP contribution in [-0.4, -0.2) is 64.4 Å². The van der Waals surface area contributed by atoms with Crippen molar-refractivity contribution in [1.82, 2.24) is 19.8 Å². The minimum absolute atomic E-state index is 0.0304. The zero-order chi connectivity index (χ0) is 20.6. The highest BCUT2D eigenvalue weighted by Crippen LogP contribution is 2.42. The molecule has 2 aliphatic rings. The SMILES string of the molecule is CN1C(=O)CO[C@@H]2CN(C(=O)Cc3c[nH]c(=O)[nH]c3=O)CC[C@]21c1ccccc1. The second-order valence-corrected chi connectivity index (χ2v) is 7.41. The number of morpholine rings is 1. The highest BCUT2D eigenvalue weighted by molar-refractivity contribution is 5.81. The van der Waals surface area contributed by atoms with Crippen LogP contribution >= 0.6 is 0 Å². The Kier molecular flexibility index (Phi) is 4.83. The Labute approximate surface area is 166 Å². The van der Waals surface area contributed by atoms with E-state index < -0.39 is 16.8 Å². The third kappa shape index (κ3) is 3.27. The highest BCUT2D eigenvalue weighted by Gasteiger charge is 2.53. The van der Waals surface area contributed by atoms with Crippen molar-refractivity contribution in [3.8, 4) is 0 Å². The predicted molar refractivity (Wildman–Crippen MR) is 103 cm³/mol. The van der Waals surface area contributed by atoms with E-state index in [1.54, 1.807) is 16.8 Å². The Morgan fingerprint density at radius 3 is 2.72 bits per heavy atom. The maximum Gasteiger partial charge on any atom is 0.325 e. The molecule has 2 fully saturated rings. The molecular weight excluding hydrogens is 376 g/mol. The minimum atomic E-state index is -0.636. The van der Waals surface area contributed by atoms with Gasteiger partial charge in [0.2, 0.25) is 11.8 Å². The second-order valence-electron chi connectivity index (χ2n) is 7.41. The summed E-state index contributed by atoms with van der Waals surface area (Å²) < 4.78 is 5.89. The van der Waals surface area contributed by atoms with Crippen LogP contribution in [0, 0.1) is 0 Å². The number of carbonyl (C=O) groups is 2. The van der Waals surface area contributed by atoms with Gasteiger partial charge in [-0.15, -0.1) is 0 Å². The molecule has 9 nitrogen and oxygen atoms in total. The number of fused-ring (bicyclic) bond motifs is 1. The molecule has 0 saturated carbocycles. The van der Waals surface area contributed by atoms with Crippen LogP contribution in [0.5, 0.6) is 0 Å². The van der Waals surface area contributed by atoms with Crippen LogP contribution in [0.25, 0.3) is 0 Å². The number of hydrogen-bond donors (Lipinski definition) is 2. The first-order valence-electron chi connectivity index (χ1n) is 9.44. The lowest BCUT2D eigenvalue weighted by atomic mass is 9.76. The van der Waals surface area contributed by atoms with E-state index in [0.717, 1.165) is 5.56 Å². The fourth-order valence-corrected chi connectivity index (χ4v) is 4.30. The summed E-state index contributed by atoms with van der Waals surface area (Å²) in [6, 6.07) is 9.72. The number of piperidine rings is 1. The molecule has 2 saturated heterocycles. The van der Waals surface area contributed by atoms with Crippen molar-refractivity contribution in [3.05, 3.63) is 68.5 Å². The van der Waals surface area contributed by atoms with E-state index in [-0.39, 0.29) is 36.5 Å². The fraction of sp³-hybridized carbons (Fsp3) is 0.400. The molecule has 0 bridgehead atoms. The van der Waals surface area contributed by atoms with E-state index in [4.69, 9.17) is 4.74 Å². The first-order valence-corrected chi connectivity index (χ1v) is 9.44. The first-order chi connectivity index (χ1) is 13.9. The van der Waals surface area contributed by atoms with E-state index in [2.05, 4.69) is 9.97 Å². The minimum Gasteiger partial charge on any atom is -0.364 e. The van der Waals surface area contributed by atoms with Crippen LogP contribution in [0.2, 0.25) is 0 Å². The Hall–Kier alpha value is -3.20. The standard InChI is InChI=1S/C20H22N4O5/c1-23-17(26)12-29-15-11-24(8-7-20(15,23)14-5-3-2-4-6-14)16(25)9-13-10-21-19(28)22-18(13)27/h2-6,10,15H,7-9,11-12H2,1H3,(H2,21,22,27,28)/t15-,20+/m1/s1. The fourth-order valence-electron chi connectivity index (χ4n) is 4.30. The highest BCUT2D eigenvalue weighted by atomic mass is 16.5. The first kappa shape index (κ1) is 19.1. The molecule has 9 heteroatoms. The molecule has 2 N–H and O–H groups in total. The molecule has 4 rings (SSSR count). The number of likely N-dealkylation sites (tertiary alicyclic amines) is 1. The van der Waals surface area contributed by atoms with E-state index in [1.165, 1.54) is 6.20 Å². The van der Waals surface area contributed by atoms with Gasteiger partial charge in [0.25, 0.3) is 5.56 Å². The van der Waals surface area contributed by atoms with Crippen molar-refractivity contribution < 1.29 is 14.3 Å². The molecular formula is C20H22N4O5. The number of H-pyrrole nitrogens is 2. The Morgan fingerprint density at radius 2 is 2.00 bits per heavy atom. The molecule has 2 aliphatic heterocycles. The van der Waals surface area contributed by atoms with Gasteiger partial charge in [-0.2, -0.15) is 0 Å². The van der Waals surface area contributed by atoms with Crippen LogP contribution in [0.15, 0.2) is 46.1 Å². The molecule has 0 aliphatic carbocycles. The quantitative estimate of drug-likeness (QED) is 0.729. The number of nitrogens with zero attached hydrogens (tertiary/aromatic N) is 2. The number of hydrogen-bond acceptors (Lipinski definition) is 5. The normalized spacial score (nSPS) is 24.3. The number of ether oxygens (including phenoxy) is 1. The second kappa shape index (κ2) is 7.32. The Balaban J connectivity index is 1.58. The van der Waals surface area contributed by atoms with Gasteiger partial charge in [-0.1, -0.05) is 30.3 Å². The van der Waals surface area contributed by atoms with E-state index >= 15 is 0 Å². The van der Waals surface area contributed by atoms with Gasteiger partial charge in [-0.3, -0.25) is 19.4 Å². The molecule has 0 unspecified atom stereocenters. The number of nitrogens with one attached hydrogen (secondary N) is 2. The summed E-state index contributed by atoms with van der Waals surface area (Å²) in [5.74, 6) is -0.322. The average Bonchev–Trinajstić information content (AvgIpc) is 2.73. The molecule has 2 atom stereocenters. The molecule has 2 aromatic rings. The summed E-state index contributed by atoms with van der Waals surface area (Å²) in [5, 5.41) is 0. The van der Waals surface area contributed by atoms with Gasteiger partial charge in [0.05, 0.1) is 12.0 Å². The van der Waals surface area contributed by atoms with Crippen molar-refractivity contribution >= 4 is 11.8 Å². The van der Waals surface area contributed by atoms with E-state index in [1.807, 2.05) is 30.3 Å². The van der Waals surface area contributed by atoms with Gasteiger partial charge in [0, 0.05) is 31.9 Å². The van der Waals surface area contributed by atoms with Crippen molar-refractivity contribution in [3.63, 3.8) is 0 Å². The van der Waals surface area contributed by atoms with Crippen LogP contribution in [0.4, 0.5) is 0 Å². The molecule has 1 aromatic carbocycles. The molecule has 3 heterocycles. The van der Waals surface area contributed by atoms with Gasteiger partial charge in [-0.25, -0.2) is 4.79 Å². The van der Waals surface area contributed by atoms with Gasteiger partial charge in [-0.05, 0) is 12.0 Å². The zero-order valence-corrected chi connectivity index (χ0v) is 16.0. The number of rotatable bonds is 3. The smallest absolute Gasteiger partial charge is 0.325 e. The van der Waals surface area contributed by atoms with E-state index in [9.17, 15) is 19.2 Å². The van der Waals surface area contributed by atoms with Crippen molar-refractivity contribution in [2.75, 3.05) is 26.7 Å². The predicted octanol–water partition coefficient (Wildman–Crippen LogP) is -0.409. The molecule has 2 amide bonds. The van der Waals surface area contributed by atoms with Crippen LogP contribution in [-0.2, 0) is 26.3 Å². The van der Waals surface area contributed by atoms with Crippen molar-refractivity contribution in [2.24, 2.45) is 0 Å². The molecule has 0 radical (unpaired) electrons. The molecule has 29 heavy (non-hydrogen) atoms. The van der Waals surface area contributed by atoms with Crippen LogP contribution < -0.4 is 11.2 Å². The van der Waals surface area contributed by atoms with Crippen LogP contribution in [0.1, 0.15) is 17.5 Å². The largest absolute Gasteiger partial charge is 0.364 e. The summed E-state index contributed by atoms with van der Waals surface area (Å²) in [6.07, 6.45) is 1.30. The molecule has 1 aromatic heterocycles. The monoisotopic (exact) mass is 398 g/mol. The van der Waals surface area contributed by atoms with Crippen LogP contribution in [0.3, 0.4) is 0 Å². The average molecular weight is 398 g/mol. The van der Waals surface area contributed by atoms with E-state index in [0.29, 0.717) is 19.5 Å². The summed E-state index contributed by atoms with van der Waals surface area (Å²) in [4.78, 5) is 56.2.